The molecular weight excluding hydrogens is 324 g/mol. The molecule has 0 radical (unpaired) electrons. The van der Waals surface area contributed by atoms with Gasteiger partial charge in [-0.05, 0) is 87.5 Å². The van der Waals surface area contributed by atoms with Gasteiger partial charge in [0, 0.05) is 5.41 Å². The number of allylic oxidation sites excluding steroid dienone is 2. The summed E-state index contributed by atoms with van der Waals surface area (Å²) in [7, 11) is 0. The van der Waals surface area contributed by atoms with E-state index >= 15 is 0 Å². The number of aliphatic hydroxyl groups is 1. The SMILES string of the molecule is C/C(=N/N)[C@@]1(O)CC[C@@H]2[C@H]3CCC4=C/C(=N/N)CC[C@@]4(C)[C@@H]3CC[C@@]21C. The summed E-state index contributed by atoms with van der Waals surface area (Å²) in [6.07, 6.45) is 10.9. The summed E-state index contributed by atoms with van der Waals surface area (Å²) in [4.78, 5) is 0. The van der Waals surface area contributed by atoms with Crippen molar-refractivity contribution < 1.29 is 5.11 Å². The number of nitrogens with two attached hydrogens (primary N) is 2. The van der Waals surface area contributed by atoms with Crippen LogP contribution in [0, 0.1) is 28.6 Å². The van der Waals surface area contributed by atoms with Crippen molar-refractivity contribution in [1.29, 1.82) is 0 Å². The highest BCUT2D eigenvalue weighted by Gasteiger charge is 2.64. The second kappa shape index (κ2) is 5.82. The maximum atomic E-state index is 11.5. The van der Waals surface area contributed by atoms with Gasteiger partial charge >= 0.3 is 0 Å². The van der Waals surface area contributed by atoms with Gasteiger partial charge in [-0.2, -0.15) is 10.2 Å². The van der Waals surface area contributed by atoms with Crippen LogP contribution >= 0.6 is 0 Å². The lowest BCUT2D eigenvalue weighted by atomic mass is 9.46. The smallest absolute Gasteiger partial charge is 0.110 e. The molecular formula is C21H34N4O. The number of nitrogens with zero attached hydrogens (tertiary/aromatic N) is 2. The van der Waals surface area contributed by atoms with Crippen LogP contribution in [0.25, 0.3) is 0 Å². The van der Waals surface area contributed by atoms with E-state index in [0.29, 0.717) is 23.5 Å². The van der Waals surface area contributed by atoms with Crippen molar-refractivity contribution in [3.05, 3.63) is 11.6 Å². The molecule has 0 bridgehead atoms. The molecule has 0 aliphatic heterocycles. The van der Waals surface area contributed by atoms with Crippen LogP contribution in [-0.2, 0) is 0 Å². The Hall–Kier alpha value is -1.36. The molecule has 5 N–H and O–H groups in total. The van der Waals surface area contributed by atoms with Crippen molar-refractivity contribution in [3.63, 3.8) is 0 Å². The molecule has 0 amide bonds. The van der Waals surface area contributed by atoms with Gasteiger partial charge < -0.3 is 16.8 Å². The quantitative estimate of drug-likeness (QED) is 0.381. The van der Waals surface area contributed by atoms with E-state index in [9.17, 15) is 5.11 Å². The first-order valence-corrected chi connectivity index (χ1v) is 10.3. The van der Waals surface area contributed by atoms with Crippen LogP contribution in [0.4, 0.5) is 0 Å². The minimum atomic E-state index is -0.833. The number of hydrogen-bond acceptors (Lipinski definition) is 5. The van der Waals surface area contributed by atoms with Crippen molar-refractivity contribution >= 4 is 11.4 Å². The molecule has 0 spiro atoms. The van der Waals surface area contributed by atoms with E-state index in [1.165, 1.54) is 12.8 Å². The lowest BCUT2D eigenvalue weighted by Gasteiger charge is -2.59. The highest BCUT2D eigenvalue weighted by molar-refractivity contribution is 5.96. The van der Waals surface area contributed by atoms with E-state index in [2.05, 4.69) is 30.1 Å². The van der Waals surface area contributed by atoms with E-state index in [-0.39, 0.29) is 10.8 Å². The summed E-state index contributed by atoms with van der Waals surface area (Å²) in [5, 5.41) is 19.4. The first-order valence-electron chi connectivity index (χ1n) is 10.3. The lowest BCUT2D eigenvalue weighted by molar-refractivity contribution is -0.0945. The van der Waals surface area contributed by atoms with Gasteiger partial charge in [-0.25, -0.2) is 0 Å². The zero-order valence-electron chi connectivity index (χ0n) is 16.5. The fourth-order valence-electron chi connectivity index (χ4n) is 7.39. The molecule has 0 aromatic heterocycles. The normalized spacial score (nSPS) is 50.0. The maximum Gasteiger partial charge on any atom is 0.110 e. The summed E-state index contributed by atoms with van der Waals surface area (Å²) < 4.78 is 0. The summed E-state index contributed by atoms with van der Waals surface area (Å²) in [6, 6.07) is 0. The molecule has 4 rings (SSSR count). The third-order valence-electron chi connectivity index (χ3n) is 9.09. The molecule has 0 heterocycles. The third kappa shape index (κ3) is 2.12. The van der Waals surface area contributed by atoms with Gasteiger partial charge in [0.1, 0.15) is 5.60 Å². The Morgan fingerprint density at radius 3 is 2.50 bits per heavy atom. The number of rotatable bonds is 1. The monoisotopic (exact) mass is 358 g/mol. The van der Waals surface area contributed by atoms with Crippen LogP contribution in [0.1, 0.15) is 72.1 Å². The zero-order valence-corrected chi connectivity index (χ0v) is 16.5. The molecule has 4 aliphatic carbocycles. The van der Waals surface area contributed by atoms with Crippen molar-refractivity contribution in [3.8, 4) is 0 Å². The summed E-state index contributed by atoms with van der Waals surface area (Å²) >= 11 is 0. The lowest BCUT2D eigenvalue weighted by Crippen LogP contribution is -2.57. The van der Waals surface area contributed by atoms with Crippen molar-refractivity contribution in [2.24, 2.45) is 50.5 Å². The van der Waals surface area contributed by atoms with E-state index in [4.69, 9.17) is 11.7 Å². The highest BCUT2D eigenvalue weighted by atomic mass is 16.3. The van der Waals surface area contributed by atoms with E-state index in [1.807, 2.05) is 6.92 Å². The number of hydrogen-bond donors (Lipinski definition) is 3. The summed E-state index contributed by atoms with van der Waals surface area (Å²) in [6.45, 7) is 6.67. The van der Waals surface area contributed by atoms with Crippen LogP contribution < -0.4 is 11.7 Å². The number of fused-ring (bicyclic) bond motifs is 5. The molecule has 0 unspecified atom stereocenters. The van der Waals surface area contributed by atoms with Crippen molar-refractivity contribution in [2.75, 3.05) is 0 Å². The van der Waals surface area contributed by atoms with Gasteiger partial charge in [0.15, 0.2) is 0 Å². The summed E-state index contributed by atoms with van der Waals surface area (Å²) in [5.74, 6) is 13.1. The minimum absolute atomic E-state index is 0.1000. The van der Waals surface area contributed by atoms with Crippen LogP contribution in [0.3, 0.4) is 0 Å². The Kier molecular flexibility index (Phi) is 4.03. The zero-order chi connectivity index (χ0) is 18.7. The predicted molar refractivity (Wildman–Crippen MR) is 106 cm³/mol. The molecule has 3 fully saturated rings. The molecule has 6 atom stereocenters. The van der Waals surface area contributed by atoms with E-state index in [1.54, 1.807) is 5.57 Å². The largest absolute Gasteiger partial charge is 0.383 e. The Bertz CT molecular complexity index is 698. The molecule has 3 saturated carbocycles. The standard InChI is InChI=1S/C21H34N4O/c1-13(24-22)21(26)11-8-18-16-5-4-14-12-15(25-23)6-9-19(14,2)17(16)7-10-20(18,21)3/h12,16-18,26H,4-11,22-23H2,1-3H3/b24-13-,25-15+/t16-,17+,18+,19+,20-,21-/m0/s1. The maximum absolute atomic E-state index is 11.5. The van der Waals surface area contributed by atoms with Gasteiger partial charge in [0.25, 0.3) is 0 Å². The van der Waals surface area contributed by atoms with Crippen molar-refractivity contribution in [2.45, 2.75) is 77.7 Å². The van der Waals surface area contributed by atoms with Crippen LogP contribution in [0.5, 0.6) is 0 Å². The first kappa shape index (κ1) is 18.0. The fraction of sp³-hybridized carbons (Fsp3) is 0.810. The van der Waals surface area contributed by atoms with Crippen LogP contribution in [0.2, 0.25) is 0 Å². The Balaban J connectivity index is 1.68. The topological polar surface area (TPSA) is 97.0 Å². The number of hydrazone groups is 2. The molecule has 144 valence electrons. The average molecular weight is 359 g/mol. The second-order valence-corrected chi connectivity index (χ2v) is 9.69. The Morgan fingerprint density at radius 2 is 1.81 bits per heavy atom. The second-order valence-electron chi connectivity index (χ2n) is 9.69. The predicted octanol–water partition coefficient (Wildman–Crippen LogP) is 3.33. The van der Waals surface area contributed by atoms with Crippen LogP contribution in [-0.4, -0.2) is 22.1 Å². The summed E-state index contributed by atoms with van der Waals surface area (Å²) in [5.41, 5.74) is 2.67. The molecule has 26 heavy (non-hydrogen) atoms. The van der Waals surface area contributed by atoms with Gasteiger partial charge in [-0.3, -0.25) is 0 Å². The first-order chi connectivity index (χ1) is 12.3. The van der Waals surface area contributed by atoms with E-state index in [0.717, 1.165) is 44.2 Å². The van der Waals surface area contributed by atoms with Crippen molar-refractivity contribution in [1.82, 2.24) is 0 Å². The van der Waals surface area contributed by atoms with Gasteiger partial charge in [-0.1, -0.05) is 19.4 Å². The fourth-order valence-corrected chi connectivity index (χ4v) is 7.39. The Morgan fingerprint density at radius 1 is 1.08 bits per heavy atom. The molecule has 0 aromatic rings. The molecule has 0 aromatic carbocycles. The minimum Gasteiger partial charge on any atom is -0.383 e. The highest BCUT2D eigenvalue weighted by Crippen LogP contribution is 2.67. The van der Waals surface area contributed by atoms with Gasteiger partial charge in [-0.15, -0.1) is 0 Å². The third-order valence-corrected chi connectivity index (χ3v) is 9.09. The van der Waals surface area contributed by atoms with Gasteiger partial charge in [0.2, 0.25) is 0 Å². The average Bonchev–Trinajstić information content (AvgIpc) is 2.92. The molecule has 5 heteroatoms. The van der Waals surface area contributed by atoms with Crippen LogP contribution in [0.15, 0.2) is 21.9 Å². The molecule has 4 aliphatic rings. The molecule has 0 saturated heterocycles. The molecule has 5 nitrogen and oxygen atoms in total. The Labute approximate surface area is 157 Å². The van der Waals surface area contributed by atoms with E-state index < -0.39 is 5.60 Å². The van der Waals surface area contributed by atoms with Gasteiger partial charge in [0.05, 0.1) is 11.4 Å².